The molecule has 2 aromatic carbocycles. The average molecular weight is 456 g/mol. The molecule has 0 saturated carbocycles. The van der Waals surface area contributed by atoms with Crippen molar-refractivity contribution in [3.63, 3.8) is 0 Å². The van der Waals surface area contributed by atoms with E-state index in [2.05, 4.69) is 49.9 Å². The number of hydrogen-bond donors (Lipinski definition) is 2. The molecule has 3 heterocycles. The smallest absolute Gasteiger partial charge is 0.242 e. The van der Waals surface area contributed by atoms with Crippen molar-refractivity contribution >= 4 is 0 Å². The molecule has 0 saturated heterocycles. The molecule has 0 aliphatic carbocycles. The van der Waals surface area contributed by atoms with Gasteiger partial charge in [0.15, 0.2) is 5.82 Å². The molecular formula is C25H25N7O2. The summed E-state index contributed by atoms with van der Waals surface area (Å²) in [7, 11) is 0. The monoisotopic (exact) mass is 455 g/mol. The van der Waals surface area contributed by atoms with Gasteiger partial charge in [0.05, 0.1) is 0 Å². The number of hydroxylamine groups is 2. The lowest BCUT2D eigenvalue weighted by atomic mass is 9.98. The van der Waals surface area contributed by atoms with Crippen molar-refractivity contribution in [2.24, 2.45) is 0 Å². The largest absolute Gasteiger partial charge is 0.344 e. The van der Waals surface area contributed by atoms with E-state index in [9.17, 15) is 5.21 Å². The van der Waals surface area contributed by atoms with Crippen molar-refractivity contribution in [2.45, 2.75) is 26.1 Å². The number of benzene rings is 2. The van der Waals surface area contributed by atoms with Crippen LogP contribution in [0.2, 0.25) is 0 Å². The van der Waals surface area contributed by atoms with Gasteiger partial charge in [-0.05, 0) is 47.4 Å². The second kappa shape index (κ2) is 9.05. The Morgan fingerprint density at radius 1 is 1.09 bits per heavy atom. The number of nitrogens with zero attached hydrogens (tertiary/aromatic N) is 6. The fourth-order valence-electron chi connectivity index (χ4n) is 4.18. The standard InChI is InChI=1S/C25H25N7O2/c1-3-34-25(13-12-18(2)16-32(25)33)24-26-14-15-31(24)17-19-8-10-20(11-9-19)21-6-4-5-7-22(21)23-27-29-30-28-23/h4-16,33H,3,17H2,1-2H3,(H,27,28,29,30). The molecule has 1 aliphatic heterocycles. The Bertz CT molecular complexity index is 1330. The Labute approximate surface area is 197 Å². The lowest BCUT2D eigenvalue weighted by Crippen LogP contribution is -2.45. The highest BCUT2D eigenvalue weighted by atomic mass is 16.6. The molecule has 2 aromatic heterocycles. The molecule has 5 rings (SSSR count). The predicted octanol–water partition coefficient (Wildman–Crippen LogP) is 4.13. The van der Waals surface area contributed by atoms with Gasteiger partial charge in [-0.1, -0.05) is 54.6 Å². The van der Waals surface area contributed by atoms with Gasteiger partial charge >= 0.3 is 0 Å². The molecular weight excluding hydrogens is 430 g/mol. The highest BCUT2D eigenvalue weighted by Crippen LogP contribution is 2.34. The lowest BCUT2D eigenvalue weighted by molar-refractivity contribution is -0.241. The van der Waals surface area contributed by atoms with Crippen molar-refractivity contribution in [1.82, 2.24) is 35.2 Å². The first-order chi connectivity index (χ1) is 16.6. The number of rotatable bonds is 7. The third-order valence-electron chi connectivity index (χ3n) is 5.77. The van der Waals surface area contributed by atoms with E-state index in [1.807, 2.05) is 61.0 Å². The van der Waals surface area contributed by atoms with Crippen LogP contribution in [0.3, 0.4) is 0 Å². The molecule has 2 N–H and O–H groups in total. The van der Waals surface area contributed by atoms with Crippen LogP contribution in [0.1, 0.15) is 25.2 Å². The van der Waals surface area contributed by atoms with Gasteiger partial charge in [-0.15, -0.1) is 10.2 Å². The maximum atomic E-state index is 10.8. The number of tetrazole rings is 1. The normalized spacial score (nSPS) is 17.7. The topological polar surface area (TPSA) is 105 Å². The zero-order valence-corrected chi connectivity index (χ0v) is 19.0. The molecule has 1 atom stereocenters. The van der Waals surface area contributed by atoms with Gasteiger partial charge in [-0.3, -0.25) is 5.21 Å². The number of ether oxygens (including phenoxy) is 1. The van der Waals surface area contributed by atoms with E-state index in [-0.39, 0.29) is 0 Å². The third-order valence-corrected chi connectivity index (χ3v) is 5.77. The summed E-state index contributed by atoms with van der Waals surface area (Å²) in [6, 6.07) is 16.3. The number of hydrogen-bond acceptors (Lipinski definition) is 7. The number of imidazole rings is 1. The first-order valence-electron chi connectivity index (χ1n) is 11.0. The molecule has 172 valence electrons. The molecule has 9 heteroatoms. The third kappa shape index (κ3) is 3.91. The van der Waals surface area contributed by atoms with Gasteiger partial charge in [0.2, 0.25) is 11.5 Å². The van der Waals surface area contributed by atoms with E-state index in [0.29, 0.717) is 24.8 Å². The fraction of sp³-hybridized carbons (Fsp3) is 0.200. The van der Waals surface area contributed by atoms with Crippen molar-refractivity contribution in [3.05, 3.63) is 96.2 Å². The minimum atomic E-state index is -1.18. The first-order valence-corrected chi connectivity index (χ1v) is 11.0. The lowest BCUT2D eigenvalue weighted by Gasteiger charge is -2.38. The van der Waals surface area contributed by atoms with Gasteiger partial charge < -0.3 is 9.30 Å². The molecule has 0 spiro atoms. The van der Waals surface area contributed by atoms with Gasteiger partial charge in [0.25, 0.3) is 0 Å². The second-order valence-electron chi connectivity index (χ2n) is 8.04. The summed E-state index contributed by atoms with van der Waals surface area (Å²) in [4.78, 5) is 4.54. The fourth-order valence-corrected chi connectivity index (χ4v) is 4.18. The van der Waals surface area contributed by atoms with E-state index >= 15 is 0 Å². The van der Waals surface area contributed by atoms with Gasteiger partial charge in [0.1, 0.15) is 0 Å². The Hall–Kier alpha value is -4.08. The maximum absolute atomic E-state index is 10.8. The highest BCUT2D eigenvalue weighted by Gasteiger charge is 2.41. The van der Waals surface area contributed by atoms with E-state index in [1.54, 1.807) is 12.4 Å². The molecule has 9 nitrogen and oxygen atoms in total. The van der Waals surface area contributed by atoms with Crippen molar-refractivity contribution < 1.29 is 9.94 Å². The van der Waals surface area contributed by atoms with Crippen LogP contribution in [0, 0.1) is 0 Å². The minimum absolute atomic E-state index is 0.412. The summed E-state index contributed by atoms with van der Waals surface area (Å²) in [5.74, 6) is 1.16. The Balaban J connectivity index is 1.43. The summed E-state index contributed by atoms with van der Waals surface area (Å²) in [6.07, 6.45) is 9.02. The Kier molecular flexibility index (Phi) is 5.79. The maximum Gasteiger partial charge on any atom is 0.242 e. The van der Waals surface area contributed by atoms with Crippen LogP contribution in [0.5, 0.6) is 0 Å². The Morgan fingerprint density at radius 2 is 1.88 bits per heavy atom. The zero-order chi connectivity index (χ0) is 23.5. The second-order valence-corrected chi connectivity index (χ2v) is 8.04. The number of nitrogens with one attached hydrogen (secondary N) is 1. The van der Waals surface area contributed by atoms with Crippen LogP contribution in [-0.2, 0) is 17.0 Å². The van der Waals surface area contributed by atoms with Crippen LogP contribution in [0.15, 0.2) is 84.8 Å². The summed E-state index contributed by atoms with van der Waals surface area (Å²) >= 11 is 0. The van der Waals surface area contributed by atoms with Crippen LogP contribution in [0.4, 0.5) is 0 Å². The summed E-state index contributed by atoms with van der Waals surface area (Å²) in [6.45, 7) is 4.80. The molecule has 0 fully saturated rings. The average Bonchev–Trinajstić information content (AvgIpc) is 3.55. The van der Waals surface area contributed by atoms with E-state index in [0.717, 1.165) is 32.9 Å². The molecule has 0 radical (unpaired) electrons. The van der Waals surface area contributed by atoms with Crippen LogP contribution in [-0.4, -0.2) is 47.1 Å². The van der Waals surface area contributed by atoms with E-state index < -0.39 is 5.72 Å². The number of aromatic amines is 1. The zero-order valence-electron chi connectivity index (χ0n) is 19.0. The van der Waals surface area contributed by atoms with Gasteiger partial charge in [-0.2, -0.15) is 5.21 Å². The predicted molar refractivity (Wildman–Crippen MR) is 126 cm³/mol. The molecule has 1 unspecified atom stereocenters. The van der Waals surface area contributed by atoms with Crippen molar-refractivity contribution in [3.8, 4) is 22.5 Å². The molecule has 0 amide bonds. The minimum Gasteiger partial charge on any atom is -0.344 e. The molecule has 1 aliphatic rings. The molecule has 34 heavy (non-hydrogen) atoms. The summed E-state index contributed by atoms with van der Waals surface area (Å²) < 4.78 is 8.01. The van der Waals surface area contributed by atoms with E-state index in [4.69, 9.17) is 4.74 Å². The quantitative estimate of drug-likeness (QED) is 0.432. The molecule has 0 bridgehead atoms. The van der Waals surface area contributed by atoms with Crippen molar-refractivity contribution in [2.75, 3.05) is 6.61 Å². The van der Waals surface area contributed by atoms with Gasteiger partial charge in [-0.25, -0.2) is 10.0 Å². The highest BCUT2D eigenvalue weighted by molar-refractivity contribution is 5.80. The van der Waals surface area contributed by atoms with Crippen molar-refractivity contribution in [1.29, 1.82) is 0 Å². The Morgan fingerprint density at radius 3 is 2.59 bits per heavy atom. The van der Waals surface area contributed by atoms with Gasteiger partial charge in [0, 0.05) is 37.3 Å². The molecule has 4 aromatic rings. The first kappa shape index (κ1) is 21.7. The number of allylic oxidation sites excluding steroid dienone is 2. The number of aromatic nitrogens is 6. The SMILES string of the molecule is CCOC1(c2nccn2Cc2ccc(-c3ccccc3-c3nn[nH]n3)cc2)C=CC(C)=CN1O. The number of H-pyrrole nitrogens is 1. The van der Waals surface area contributed by atoms with Crippen LogP contribution >= 0.6 is 0 Å². The van der Waals surface area contributed by atoms with Crippen LogP contribution < -0.4 is 0 Å². The van der Waals surface area contributed by atoms with E-state index in [1.165, 1.54) is 0 Å². The summed E-state index contributed by atoms with van der Waals surface area (Å²) in [5, 5.41) is 26.3. The summed E-state index contributed by atoms with van der Waals surface area (Å²) in [5.41, 5.74) is 3.82. The van der Waals surface area contributed by atoms with Crippen LogP contribution in [0.25, 0.3) is 22.5 Å².